The predicted molar refractivity (Wildman–Crippen MR) is 146 cm³/mol. The number of halogens is 3. The summed E-state index contributed by atoms with van der Waals surface area (Å²) in [6.45, 7) is 9.56. The van der Waals surface area contributed by atoms with E-state index in [1.165, 1.54) is 29.2 Å². The van der Waals surface area contributed by atoms with Crippen LogP contribution in [0.25, 0.3) is 11.1 Å². The number of hydrogen-bond donors (Lipinski definition) is 2. The van der Waals surface area contributed by atoms with E-state index in [1.807, 2.05) is 32.9 Å². The zero-order valence-corrected chi connectivity index (χ0v) is 22.9. The molecule has 0 saturated carbocycles. The number of fused-ring (bicyclic) bond motifs is 1. The highest BCUT2D eigenvalue weighted by Crippen LogP contribution is 2.40. The number of rotatable bonds is 6. The maximum absolute atomic E-state index is 14.2. The molecule has 1 atom stereocenters. The lowest BCUT2D eigenvalue weighted by molar-refractivity contribution is -0.144. The molecule has 4 rings (SSSR count). The molecule has 6 nitrogen and oxygen atoms in total. The van der Waals surface area contributed by atoms with Crippen molar-refractivity contribution in [3.8, 4) is 11.1 Å². The molecule has 0 radical (unpaired) electrons. The molecule has 0 aromatic heterocycles. The summed E-state index contributed by atoms with van der Waals surface area (Å²) in [4.78, 5) is 38.9. The van der Waals surface area contributed by atoms with Crippen molar-refractivity contribution >= 4 is 23.5 Å². The van der Waals surface area contributed by atoms with Gasteiger partial charge < -0.3 is 15.3 Å². The average Bonchev–Trinajstić information content (AvgIpc) is 3.17. The summed E-state index contributed by atoms with van der Waals surface area (Å²) in [6, 6.07) is 13.8. The Balaban J connectivity index is 1.64. The maximum Gasteiger partial charge on any atom is 0.417 e. The number of nitrogens with zero attached hydrogens (tertiary/aromatic N) is 1. The fraction of sp³-hybridized carbons (Fsp3) is 0.323. The molecule has 2 N–H and O–H groups in total. The summed E-state index contributed by atoms with van der Waals surface area (Å²) in [5.74, 6) is -2.57. The highest BCUT2D eigenvalue weighted by atomic mass is 19.4. The van der Waals surface area contributed by atoms with E-state index < -0.39 is 35.6 Å². The third-order valence-electron chi connectivity index (χ3n) is 7.07. The van der Waals surface area contributed by atoms with Crippen molar-refractivity contribution in [3.05, 3.63) is 88.5 Å². The normalized spacial score (nSPS) is 14.3. The maximum atomic E-state index is 14.2. The second-order valence-corrected chi connectivity index (χ2v) is 11.4. The van der Waals surface area contributed by atoms with Gasteiger partial charge >= 0.3 is 12.1 Å². The molecule has 3 aromatic carbocycles. The molecule has 2 amide bonds. The van der Waals surface area contributed by atoms with Gasteiger partial charge in [0.25, 0.3) is 11.8 Å². The Morgan fingerprint density at radius 2 is 1.57 bits per heavy atom. The first kappa shape index (κ1) is 28.9. The SMILES string of the molecule is CC(C)[C@@H](C(=O)O)N1Cc2ccc(-c3ccc(NC(=O)c4ccc(C(C)(C)C)cc4)cc3C(F)(F)F)cc2C1=O. The van der Waals surface area contributed by atoms with Crippen LogP contribution in [0.15, 0.2) is 60.7 Å². The largest absolute Gasteiger partial charge is 0.480 e. The van der Waals surface area contributed by atoms with E-state index in [-0.39, 0.29) is 40.3 Å². The lowest BCUT2D eigenvalue weighted by Gasteiger charge is -2.27. The molecule has 3 aromatic rings. The molecule has 1 aliphatic heterocycles. The lowest BCUT2D eigenvalue weighted by atomic mass is 9.86. The smallest absolute Gasteiger partial charge is 0.417 e. The number of alkyl halides is 3. The molecule has 0 bridgehead atoms. The Morgan fingerprint density at radius 1 is 0.925 bits per heavy atom. The lowest BCUT2D eigenvalue weighted by Crippen LogP contribution is -2.44. The summed E-state index contributed by atoms with van der Waals surface area (Å²) < 4.78 is 42.5. The number of carboxylic acid groups (broad SMARTS) is 1. The molecule has 1 heterocycles. The van der Waals surface area contributed by atoms with Gasteiger partial charge in [0.1, 0.15) is 6.04 Å². The molecular formula is C31H31F3N2O4. The van der Waals surface area contributed by atoms with Crippen LogP contribution in [-0.4, -0.2) is 33.8 Å². The Kier molecular flexibility index (Phi) is 7.53. The number of amides is 2. The Labute approximate surface area is 230 Å². The van der Waals surface area contributed by atoms with Gasteiger partial charge in [-0.1, -0.05) is 65.0 Å². The average molecular weight is 553 g/mol. The Bertz CT molecular complexity index is 1470. The monoisotopic (exact) mass is 552 g/mol. The number of benzene rings is 3. The van der Waals surface area contributed by atoms with Crippen molar-refractivity contribution in [3.63, 3.8) is 0 Å². The van der Waals surface area contributed by atoms with E-state index in [0.29, 0.717) is 11.1 Å². The van der Waals surface area contributed by atoms with Gasteiger partial charge in [-0.15, -0.1) is 0 Å². The molecule has 0 aliphatic carbocycles. The molecule has 9 heteroatoms. The van der Waals surface area contributed by atoms with Crippen molar-refractivity contribution in [1.29, 1.82) is 0 Å². The molecule has 1 aliphatic rings. The minimum absolute atomic E-state index is 0.0226. The van der Waals surface area contributed by atoms with Crippen molar-refractivity contribution in [2.45, 2.75) is 58.8 Å². The van der Waals surface area contributed by atoms with Crippen molar-refractivity contribution < 1.29 is 32.7 Å². The number of carbonyl (C=O) groups is 3. The summed E-state index contributed by atoms with van der Waals surface area (Å²) in [5.41, 5.74) is 0.955. The van der Waals surface area contributed by atoms with Crippen molar-refractivity contribution in [2.24, 2.45) is 5.92 Å². The van der Waals surface area contributed by atoms with Crippen LogP contribution in [0.1, 0.15) is 72.0 Å². The van der Waals surface area contributed by atoms with Gasteiger partial charge in [-0.2, -0.15) is 13.2 Å². The zero-order chi connectivity index (χ0) is 29.6. The number of carbonyl (C=O) groups excluding carboxylic acids is 2. The highest BCUT2D eigenvalue weighted by Gasteiger charge is 2.39. The van der Waals surface area contributed by atoms with Crippen LogP contribution in [0.3, 0.4) is 0 Å². The Hall–Kier alpha value is -4.14. The number of aliphatic carboxylic acids is 1. The van der Waals surface area contributed by atoms with E-state index in [0.717, 1.165) is 11.6 Å². The van der Waals surface area contributed by atoms with Crippen LogP contribution in [0.5, 0.6) is 0 Å². The molecule has 0 spiro atoms. The van der Waals surface area contributed by atoms with Crippen LogP contribution in [0.2, 0.25) is 0 Å². The van der Waals surface area contributed by atoms with Gasteiger partial charge in [0, 0.05) is 23.4 Å². The van der Waals surface area contributed by atoms with Crippen LogP contribution < -0.4 is 5.32 Å². The molecular weight excluding hydrogens is 521 g/mol. The first-order chi connectivity index (χ1) is 18.6. The van der Waals surface area contributed by atoms with E-state index >= 15 is 0 Å². The second kappa shape index (κ2) is 10.4. The number of nitrogens with one attached hydrogen (secondary N) is 1. The number of carboxylic acids is 1. The molecule has 0 fully saturated rings. The zero-order valence-electron chi connectivity index (χ0n) is 22.9. The second-order valence-electron chi connectivity index (χ2n) is 11.4. The van der Waals surface area contributed by atoms with Gasteiger partial charge in [0.05, 0.1) is 5.56 Å². The number of anilines is 1. The first-order valence-electron chi connectivity index (χ1n) is 12.9. The molecule has 0 unspecified atom stereocenters. The van der Waals surface area contributed by atoms with Gasteiger partial charge in [0.15, 0.2) is 0 Å². The fourth-order valence-corrected chi connectivity index (χ4v) is 4.93. The van der Waals surface area contributed by atoms with Gasteiger partial charge in [-0.3, -0.25) is 9.59 Å². The van der Waals surface area contributed by atoms with Crippen LogP contribution in [-0.2, 0) is 22.9 Å². The number of hydrogen-bond acceptors (Lipinski definition) is 3. The van der Waals surface area contributed by atoms with E-state index in [4.69, 9.17) is 0 Å². The van der Waals surface area contributed by atoms with E-state index in [9.17, 15) is 32.7 Å². The summed E-state index contributed by atoms with van der Waals surface area (Å²) in [7, 11) is 0. The molecule has 210 valence electrons. The summed E-state index contributed by atoms with van der Waals surface area (Å²) >= 11 is 0. The summed E-state index contributed by atoms with van der Waals surface area (Å²) in [5, 5.41) is 12.2. The minimum Gasteiger partial charge on any atom is -0.480 e. The van der Waals surface area contributed by atoms with Gasteiger partial charge in [-0.25, -0.2) is 4.79 Å². The standard InChI is InChI=1S/C31H31F3N2O4/c1-17(2)26(29(39)40)36-16-20-7-6-19(14-24(20)28(36)38)23-13-12-22(15-25(23)31(32,33)34)35-27(37)18-8-10-21(11-9-18)30(3,4)5/h6-15,17,26H,16H2,1-5H3,(H,35,37)(H,39,40)/t26-/m0/s1. The van der Waals surface area contributed by atoms with E-state index in [2.05, 4.69) is 5.32 Å². The molecule has 40 heavy (non-hydrogen) atoms. The quantitative estimate of drug-likeness (QED) is 0.345. The topological polar surface area (TPSA) is 86.7 Å². The van der Waals surface area contributed by atoms with Crippen LogP contribution >= 0.6 is 0 Å². The van der Waals surface area contributed by atoms with E-state index in [1.54, 1.807) is 32.0 Å². The van der Waals surface area contributed by atoms with Crippen molar-refractivity contribution in [1.82, 2.24) is 4.90 Å². The van der Waals surface area contributed by atoms with Gasteiger partial charge in [0.2, 0.25) is 0 Å². The first-order valence-corrected chi connectivity index (χ1v) is 12.9. The third kappa shape index (κ3) is 5.73. The third-order valence-corrected chi connectivity index (χ3v) is 7.07. The van der Waals surface area contributed by atoms with Gasteiger partial charge in [-0.05, 0) is 63.9 Å². The minimum atomic E-state index is -4.74. The molecule has 0 saturated heterocycles. The van der Waals surface area contributed by atoms with Crippen LogP contribution in [0.4, 0.5) is 18.9 Å². The highest BCUT2D eigenvalue weighted by molar-refractivity contribution is 6.04. The predicted octanol–water partition coefficient (Wildman–Crippen LogP) is 6.99. The Morgan fingerprint density at radius 3 is 2.12 bits per heavy atom. The summed E-state index contributed by atoms with van der Waals surface area (Å²) in [6.07, 6.45) is -4.74. The van der Waals surface area contributed by atoms with Crippen molar-refractivity contribution in [2.75, 3.05) is 5.32 Å². The van der Waals surface area contributed by atoms with Crippen LogP contribution in [0, 0.1) is 5.92 Å². The fourth-order valence-electron chi connectivity index (χ4n) is 4.93.